The lowest BCUT2D eigenvalue weighted by Gasteiger charge is -2.27. The van der Waals surface area contributed by atoms with Crippen LogP contribution in [0.1, 0.15) is 57.4 Å². The molecule has 3 amide bonds. The third-order valence-electron chi connectivity index (χ3n) is 7.90. The second kappa shape index (κ2) is 8.32. The van der Waals surface area contributed by atoms with E-state index in [1.807, 2.05) is 31.2 Å². The first-order valence-corrected chi connectivity index (χ1v) is 12.0. The summed E-state index contributed by atoms with van der Waals surface area (Å²) in [6.45, 7) is 3.46. The molecular weight excluding hydrogens is 414 g/mol. The summed E-state index contributed by atoms with van der Waals surface area (Å²) in [5.41, 5.74) is 9.69. The first-order chi connectivity index (χ1) is 15.8. The highest BCUT2D eigenvalue weighted by molar-refractivity contribution is 6.22. The van der Waals surface area contributed by atoms with Crippen LogP contribution in [0.3, 0.4) is 0 Å². The Labute approximate surface area is 194 Å². The van der Waals surface area contributed by atoms with E-state index in [9.17, 15) is 14.4 Å². The van der Waals surface area contributed by atoms with Gasteiger partial charge in [-0.15, -0.1) is 0 Å². The third-order valence-corrected chi connectivity index (χ3v) is 7.90. The lowest BCUT2D eigenvalue weighted by molar-refractivity contribution is -0.131. The minimum Gasteiger partial charge on any atom is -0.398 e. The summed E-state index contributed by atoms with van der Waals surface area (Å²) in [5, 5.41) is 2.87. The summed E-state index contributed by atoms with van der Waals surface area (Å²) in [5.74, 6) is 0.452. The van der Waals surface area contributed by atoms with Gasteiger partial charge >= 0.3 is 0 Å². The molecule has 2 aromatic carbocycles. The Kier molecular flexibility index (Phi) is 5.47. The average Bonchev–Trinajstić information content (AvgIpc) is 3.39. The number of carbonyl (C=O) groups is 3. The summed E-state index contributed by atoms with van der Waals surface area (Å²) < 4.78 is 0. The van der Waals surface area contributed by atoms with Gasteiger partial charge in [0.1, 0.15) is 6.04 Å². The number of benzene rings is 2. The number of hydrogen-bond acceptors (Lipinski definition) is 4. The average molecular weight is 446 g/mol. The maximum Gasteiger partial charge on any atom is 0.256 e. The lowest BCUT2D eigenvalue weighted by atomic mass is 9.86. The fourth-order valence-electron chi connectivity index (χ4n) is 6.23. The normalized spacial score (nSPS) is 26.4. The molecule has 0 radical (unpaired) electrons. The fraction of sp³-hybridized carbons (Fsp3) is 0.444. The van der Waals surface area contributed by atoms with Gasteiger partial charge < -0.3 is 11.1 Å². The Balaban J connectivity index is 1.41. The van der Waals surface area contributed by atoms with Gasteiger partial charge in [0, 0.05) is 17.7 Å². The number of nitrogens with one attached hydrogen (secondary N) is 1. The van der Waals surface area contributed by atoms with Crippen LogP contribution in [0.25, 0.3) is 11.1 Å². The highest BCUT2D eigenvalue weighted by Gasteiger charge is 2.41. The van der Waals surface area contributed by atoms with Crippen molar-refractivity contribution in [1.29, 1.82) is 0 Å². The molecule has 3 aliphatic rings. The minimum atomic E-state index is -0.817. The number of hydrogen-bond donors (Lipinski definition) is 2. The van der Waals surface area contributed by atoms with Gasteiger partial charge in [0.25, 0.3) is 5.91 Å². The van der Waals surface area contributed by atoms with E-state index < -0.39 is 17.9 Å². The van der Waals surface area contributed by atoms with Crippen molar-refractivity contribution >= 4 is 29.1 Å². The molecule has 2 saturated carbocycles. The van der Waals surface area contributed by atoms with Crippen LogP contribution in [0.15, 0.2) is 42.5 Å². The predicted molar refractivity (Wildman–Crippen MR) is 128 cm³/mol. The Bertz CT molecular complexity index is 1130. The SMILES string of the molecule is CC1C(=O)N(C(=O)[C@H](C)NC(=O)CC2CC3CCC2C3)c2cccc(N)c2-c2ccccc21. The van der Waals surface area contributed by atoms with E-state index in [4.69, 9.17) is 5.73 Å². The topological polar surface area (TPSA) is 92.5 Å². The molecule has 5 atom stereocenters. The Morgan fingerprint density at radius 1 is 1.12 bits per heavy atom. The highest BCUT2D eigenvalue weighted by Crippen LogP contribution is 2.49. The highest BCUT2D eigenvalue weighted by atomic mass is 16.2. The number of carbonyl (C=O) groups excluding carboxylic acids is 3. The Morgan fingerprint density at radius 3 is 2.64 bits per heavy atom. The van der Waals surface area contributed by atoms with E-state index >= 15 is 0 Å². The largest absolute Gasteiger partial charge is 0.398 e. The van der Waals surface area contributed by atoms with Crippen molar-refractivity contribution in [3.05, 3.63) is 48.0 Å². The smallest absolute Gasteiger partial charge is 0.256 e. The number of anilines is 2. The first-order valence-electron chi connectivity index (χ1n) is 12.0. The molecule has 1 heterocycles. The number of rotatable bonds is 4. The molecule has 33 heavy (non-hydrogen) atoms. The molecule has 0 spiro atoms. The molecule has 3 N–H and O–H groups in total. The van der Waals surface area contributed by atoms with Gasteiger partial charge in [-0.2, -0.15) is 0 Å². The van der Waals surface area contributed by atoms with Crippen LogP contribution in [0.4, 0.5) is 11.4 Å². The zero-order chi connectivity index (χ0) is 23.3. The van der Waals surface area contributed by atoms with Crippen LogP contribution < -0.4 is 16.0 Å². The van der Waals surface area contributed by atoms with E-state index in [2.05, 4.69) is 5.32 Å². The summed E-state index contributed by atoms with van der Waals surface area (Å²) in [4.78, 5) is 41.1. The second-order valence-electron chi connectivity index (χ2n) is 9.99. The predicted octanol–water partition coefficient (Wildman–Crippen LogP) is 4.24. The zero-order valence-corrected chi connectivity index (χ0v) is 19.2. The molecular formula is C27H31N3O3. The molecule has 6 nitrogen and oxygen atoms in total. The van der Waals surface area contributed by atoms with Crippen LogP contribution in [0, 0.1) is 17.8 Å². The maximum atomic E-state index is 13.6. The molecule has 0 aromatic heterocycles. The number of nitrogens with two attached hydrogens (primary N) is 1. The molecule has 2 bridgehead atoms. The van der Waals surface area contributed by atoms with Crippen LogP contribution >= 0.6 is 0 Å². The van der Waals surface area contributed by atoms with Crippen molar-refractivity contribution in [1.82, 2.24) is 5.32 Å². The third kappa shape index (κ3) is 3.71. The van der Waals surface area contributed by atoms with Gasteiger partial charge in [-0.05, 0) is 74.1 Å². The van der Waals surface area contributed by atoms with Crippen LogP contribution in [-0.2, 0) is 14.4 Å². The van der Waals surface area contributed by atoms with Gasteiger partial charge in [-0.25, -0.2) is 4.90 Å². The lowest BCUT2D eigenvalue weighted by Crippen LogP contribution is -2.50. The number of nitrogen functional groups attached to an aromatic ring is 1. The summed E-state index contributed by atoms with van der Waals surface area (Å²) >= 11 is 0. The summed E-state index contributed by atoms with van der Waals surface area (Å²) in [6.07, 6.45) is 5.32. The van der Waals surface area contributed by atoms with Gasteiger partial charge in [0.05, 0.1) is 11.6 Å². The molecule has 0 saturated heterocycles. The monoisotopic (exact) mass is 445 g/mol. The number of nitrogens with zero attached hydrogens (tertiary/aromatic N) is 1. The Morgan fingerprint density at radius 2 is 1.91 bits per heavy atom. The number of amides is 3. The van der Waals surface area contributed by atoms with Crippen molar-refractivity contribution in [3.8, 4) is 11.1 Å². The van der Waals surface area contributed by atoms with Gasteiger partial charge in [0.15, 0.2) is 0 Å². The molecule has 5 rings (SSSR count). The van der Waals surface area contributed by atoms with Crippen molar-refractivity contribution in [2.45, 2.75) is 57.9 Å². The summed E-state index contributed by atoms with van der Waals surface area (Å²) in [7, 11) is 0. The van der Waals surface area contributed by atoms with Gasteiger partial charge in [-0.3, -0.25) is 14.4 Å². The number of imide groups is 1. The molecule has 2 aromatic rings. The molecule has 2 fully saturated rings. The van der Waals surface area contributed by atoms with Crippen molar-refractivity contribution < 1.29 is 14.4 Å². The summed E-state index contributed by atoms with van der Waals surface area (Å²) in [6, 6.07) is 12.1. The van der Waals surface area contributed by atoms with Gasteiger partial charge in [0.2, 0.25) is 11.8 Å². The number of fused-ring (bicyclic) bond motifs is 5. The van der Waals surface area contributed by atoms with E-state index in [0.29, 0.717) is 35.2 Å². The molecule has 1 aliphatic heterocycles. The maximum absolute atomic E-state index is 13.6. The van der Waals surface area contributed by atoms with Crippen molar-refractivity contribution in [3.63, 3.8) is 0 Å². The Hall–Kier alpha value is -3.15. The van der Waals surface area contributed by atoms with Crippen LogP contribution in [0.2, 0.25) is 0 Å². The van der Waals surface area contributed by atoms with E-state index in [1.165, 1.54) is 24.2 Å². The molecule has 172 valence electrons. The molecule has 6 heteroatoms. The quantitative estimate of drug-likeness (QED) is 0.689. The van der Waals surface area contributed by atoms with E-state index in [1.54, 1.807) is 25.1 Å². The standard InChI is InChI=1S/C27H31N3O3/c1-15-20-6-3-4-7-21(20)25-22(28)8-5-9-23(25)30(26(15)32)27(33)16(2)29-24(31)14-19-13-17-10-11-18(19)12-17/h3-9,15-19H,10-14,28H2,1-2H3,(H,29,31)/t15?,16-,17?,18?,19?/m0/s1. The molecule has 2 aliphatic carbocycles. The second-order valence-corrected chi connectivity index (χ2v) is 9.99. The first kappa shape index (κ1) is 21.7. The van der Waals surface area contributed by atoms with Crippen LogP contribution in [-0.4, -0.2) is 23.8 Å². The zero-order valence-electron chi connectivity index (χ0n) is 19.2. The van der Waals surface area contributed by atoms with Crippen LogP contribution in [0.5, 0.6) is 0 Å². The minimum absolute atomic E-state index is 0.111. The van der Waals surface area contributed by atoms with E-state index in [-0.39, 0.29) is 11.8 Å². The van der Waals surface area contributed by atoms with Crippen molar-refractivity contribution in [2.24, 2.45) is 17.8 Å². The van der Waals surface area contributed by atoms with Gasteiger partial charge in [-0.1, -0.05) is 36.8 Å². The molecule has 4 unspecified atom stereocenters. The van der Waals surface area contributed by atoms with E-state index in [0.717, 1.165) is 23.5 Å². The van der Waals surface area contributed by atoms with Crippen molar-refractivity contribution in [2.75, 3.05) is 10.6 Å². The fourth-order valence-corrected chi connectivity index (χ4v) is 6.23.